The Morgan fingerprint density at radius 1 is 0.521 bits per heavy atom. The molecule has 6 saturated heterocycles. The number of esters is 5. The molecule has 36 atom stereocenters. The van der Waals surface area contributed by atoms with Crippen molar-refractivity contribution in [3.63, 3.8) is 0 Å². The van der Waals surface area contributed by atoms with Crippen LogP contribution in [0.25, 0.3) is 0 Å². The number of aliphatic hydroxyl groups excluding tert-OH is 17. The van der Waals surface area contributed by atoms with E-state index in [2.05, 4.69) is 5.32 Å². The lowest BCUT2D eigenvalue weighted by molar-refractivity contribution is -0.395. The van der Waals surface area contributed by atoms with Crippen LogP contribution in [0, 0.1) is 16.7 Å². The molecule has 121 heavy (non-hydrogen) atoms. The van der Waals surface area contributed by atoms with Crippen LogP contribution in [0.2, 0.25) is 0 Å². The molecule has 6 heterocycles. The molecule has 8 fully saturated rings. The summed E-state index contributed by atoms with van der Waals surface area (Å²) in [7, 11) is 0. The van der Waals surface area contributed by atoms with Gasteiger partial charge in [0.1, 0.15) is 159 Å². The molecule has 12 rings (SSSR count). The number of amides is 1. The molecule has 0 spiro atoms. The van der Waals surface area contributed by atoms with Crippen LogP contribution >= 0.6 is 0 Å². The highest BCUT2D eigenvalue weighted by atomic mass is 16.8. The van der Waals surface area contributed by atoms with Crippen LogP contribution in [-0.2, 0) is 99.8 Å². The lowest BCUT2D eigenvalue weighted by atomic mass is 9.44. The van der Waals surface area contributed by atoms with Crippen molar-refractivity contribution < 1.29 is 201 Å². The molecule has 9 aliphatic rings. The summed E-state index contributed by atoms with van der Waals surface area (Å²) in [4.78, 5) is 103. The monoisotopic (exact) mass is 1720 g/mol. The number of carbonyl (C=O) groups is 7. The van der Waals surface area contributed by atoms with Gasteiger partial charge in [-0.3, -0.25) is 19.2 Å². The largest absolute Gasteiger partial charge is 0.459 e. The molecule has 1 amide bonds. The molecule has 3 aromatic carbocycles. The molecular weight excluding hydrogens is 1620 g/mol. The molecule has 19 N–H and O–H groups in total. The maximum Gasteiger partial charge on any atom is 0.338 e. The lowest BCUT2D eigenvalue weighted by Gasteiger charge is -2.67. The van der Waals surface area contributed by atoms with E-state index in [4.69, 9.17) is 75.8 Å². The Balaban J connectivity index is 0.807. The van der Waals surface area contributed by atoms with E-state index < -0.39 is 325 Å². The van der Waals surface area contributed by atoms with Crippen LogP contribution in [0.5, 0.6) is 0 Å². The third-order valence-corrected chi connectivity index (χ3v) is 24.4. The van der Waals surface area contributed by atoms with Crippen LogP contribution < -0.4 is 5.32 Å². The number of ketones is 1. The maximum absolute atomic E-state index is 16.7. The topological polar surface area (TPSA) is 643 Å². The zero-order valence-corrected chi connectivity index (χ0v) is 66.0. The number of nitrogens with one attached hydrogen (secondary N) is 1. The molecule has 0 unspecified atom stereocenters. The standard InChI is InChI=1S/C79H103NO41/c1-31-37(109-70(104)53(94)47(34-16-10-7-11-17-34)80-68(102)35-18-12-8-13-19-35)23-79(105)67(120-69(103)36-20-14-9-15-21-36)65-77(6,66(101)60(108-32(2)86)46(31)76(79,4)5)43(22-44-78(65,30-107-44)121-33(3)87)115-45(88)29-106-71-56(97)61(49(90)39(25-82)110-71)117-73-58(99)63(51(92)41(27-84)112-73)119-75-59(100)64(52(93)42(28-85)114-75)118-74-57(98)62(50(91)40(26-83)113-74)116-72-55(96)54(95)48(89)38(24-81)111-72/h7-21,37-44,47-65,67,71-75,81-85,89-100,105H,22-30H2,1-6H3,(H,80,102)/t37-,38+,39+,40+,41+,42+,43-,44+,47-,48+,49+,50+,51+,52+,53+,54-,55+,56+,57+,58+,59+,60+,61-,62-,63-,64-,65-,67-,71-,72+,73+,74+,75+,77+,78-,79+/m0/s1. The van der Waals surface area contributed by atoms with Crippen molar-refractivity contribution in [2.45, 2.75) is 262 Å². The van der Waals surface area contributed by atoms with E-state index in [1.165, 1.54) is 76.2 Å². The number of ether oxygens (including phenoxy) is 16. The van der Waals surface area contributed by atoms with Crippen molar-refractivity contribution in [2.24, 2.45) is 16.7 Å². The second kappa shape index (κ2) is 37.9. The summed E-state index contributed by atoms with van der Waals surface area (Å²) in [5.41, 5.74) is -9.46. The van der Waals surface area contributed by atoms with Gasteiger partial charge >= 0.3 is 29.8 Å². The molecule has 3 aliphatic carbocycles. The van der Waals surface area contributed by atoms with Gasteiger partial charge in [0.25, 0.3) is 5.91 Å². The van der Waals surface area contributed by atoms with Gasteiger partial charge in [-0.1, -0.05) is 80.6 Å². The number of hydrogen-bond acceptors (Lipinski definition) is 41. The Labute approximate surface area is 689 Å². The first-order valence-electron chi connectivity index (χ1n) is 39.1. The van der Waals surface area contributed by atoms with Crippen LogP contribution in [-0.4, -0.2) is 381 Å². The van der Waals surface area contributed by atoms with Crippen molar-refractivity contribution >= 4 is 41.5 Å². The van der Waals surface area contributed by atoms with Gasteiger partial charge < -0.3 is 173 Å². The SMILES string of the molecule is CC(=O)O[C@H]1C(=O)[C@]2(C)[C@@H](OC(=O)CO[C@H]3O[C@H](CO)[C@@H](O)[C@H](O[C@H]4O[C@H](CO)[C@@H](O)[C@H](O[C@H]5O[C@H](CO)[C@@H](O)[C@H](O[C@H]6O[C@H](CO)[C@@H](O)[C@H](O[C@H]7O[C@H](CO)[C@@H](O)[C@H](O)[C@H]7O)[C@H]6O)[C@H]5O)[C@H]4O)[C@H]3O)C[C@H]3OC[C@@]3(OC(C)=O)[C@H]2[C@H](OC(=O)c2ccccc2)[C@]2(O)C[C@H](OC(=O)[C@H](O)[C@@H](NC(=O)c3ccccc3)c3ccccc3)C(C)=C1C2(C)C. The van der Waals surface area contributed by atoms with E-state index in [1.54, 1.807) is 42.5 Å². The fourth-order valence-corrected chi connectivity index (χ4v) is 17.8. The second-order valence-electron chi connectivity index (χ2n) is 32.1. The molecule has 670 valence electrons. The van der Waals surface area contributed by atoms with E-state index in [0.29, 0.717) is 0 Å². The third-order valence-electron chi connectivity index (χ3n) is 24.4. The quantitative estimate of drug-likeness (QED) is 0.0191. The fraction of sp³-hybridized carbons (Fsp3) is 0.658. The summed E-state index contributed by atoms with van der Waals surface area (Å²) in [5.74, 6) is -9.94. The summed E-state index contributed by atoms with van der Waals surface area (Å²) in [6.45, 7) is 0.148. The van der Waals surface area contributed by atoms with E-state index >= 15 is 9.59 Å². The Kier molecular flexibility index (Phi) is 29.1. The van der Waals surface area contributed by atoms with Crippen molar-refractivity contribution in [1.29, 1.82) is 0 Å². The van der Waals surface area contributed by atoms with Crippen LogP contribution in [0.3, 0.4) is 0 Å². The summed E-state index contributed by atoms with van der Waals surface area (Å²) in [6.07, 6.45) is -65.1. The van der Waals surface area contributed by atoms with E-state index in [-0.39, 0.29) is 27.8 Å². The van der Waals surface area contributed by atoms with Gasteiger partial charge in [-0.2, -0.15) is 0 Å². The predicted octanol–water partition coefficient (Wildman–Crippen LogP) is -7.60. The maximum atomic E-state index is 16.7. The average molecular weight is 1720 g/mol. The van der Waals surface area contributed by atoms with E-state index in [1.807, 2.05) is 0 Å². The molecule has 6 aliphatic heterocycles. The highest BCUT2D eigenvalue weighted by Crippen LogP contribution is 2.65. The number of rotatable bonds is 27. The van der Waals surface area contributed by atoms with Gasteiger partial charge in [0.15, 0.2) is 55.0 Å². The first-order valence-corrected chi connectivity index (χ1v) is 39.1. The molecule has 2 bridgehead atoms. The van der Waals surface area contributed by atoms with Gasteiger partial charge in [-0.25, -0.2) is 14.4 Å². The molecule has 0 radical (unpaired) electrons. The van der Waals surface area contributed by atoms with Crippen LogP contribution in [0.15, 0.2) is 102 Å². The Bertz CT molecular complexity index is 4130. The van der Waals surface area contributed by atoms with Crippen molar-refractivity contribution in [1.82, 2.24) is 5.32 Å². The highest BCUT2D eigenvalue weighted by Gasteiger charge is 2.79. The second-order valence-corrected chi connectivity index (χ2v) is 32.1. The van der Waals surface area contributed by atoms with Crippen LogP contribution in [0.4, 0.5) is 0 Å². The van der Waals surface area contributed by atoms with Crippen molar-refractivity contribution in [2.75, 3.05) is 46.2 Å². The number of fused-ring (bicyclic) bond motifs is 5. The summed E-state index contributed by atoms with van der Waals surface area (Å²) in [5, 5.41) is 206. The highest BCUT2D eigenvalue weighted by molar-refractivity contribution is 5.96. The van der Waals surface area contributed by atoms with Gasteiger partial charge in [0.05, 0.1) is 62.6 Å². The van der Waals surface area contributed by atoms with Crippen molar-refractivity contribution in [3.8, 4) is 0 Å². The molecule has 2 saturated carbocycles. The molecule has 0 aromatic heterocycles. The van der Waals surface area contributed by atoms with E-state index in [9.17, 15) is 116 Å². The smallest absolute Gasteiger partial charge is 0.338 e. The molecule has 3 aromatic rings. The van der Waals surface area contributed by atoms with Gasteiger partial charge in [0, 0.05) is 37.7 Å². The molecule has 42 nitrogen and oxygen atoms in total. The Morgan fingerprint density at radius 2 is 0.950 bits per heavy atom. The average Bonchev–Trinajstić information content (AvgIpc) is 0.665. The number of carbonyl (C=O) groups excluding carboxylic acids is 7. The van der Waals surface area contributed by atoms with Gasteiger partial charge in [0.2, 0.25) is 0 Å². The van der Waals surface area contributed by atoms with E-state index in [0.717, 1.165) is 13.8 Å². The third kappa shape index (κ3) is 17.8. The summed E-state index contributed by atoms with van der Waals surface area (Å²) in [6, 6.07) is 21.4. The van der Waals surface area contributed by atoms with Crippen molar-refractivity contribution in [3.05, 3.63) is 119 Å². The zero-order chi connectivity index (χ0) is 88.0. The Morgan fingerprint density at radius 3 is 1.39 bits per heavy atom. The summed E-state index contributed by atoms with van der Waals surface area (Å²) >= 11 is 0. The minimum atomic E-state index is -2.74. The predicted molar refractivity (Wildman–Crippen MR) is 392 cm³/mol. The minimum Gasteiger partial charge on any atom is -0.459 e. The number of hydrogen-bond donors (Lipinski definition) is 19. The first kappa shape index (κ1) is 92.9. The number of aliphatic hydroxyl groups is 18. The molecule has 42 heteroatoms. The normalized spacial score (nSPS) is 41.3. The summed E-state index contributed by atoms with van der Waals surface area (Å²) < 4.78 is 94.6. The first-order chi connectivity index (χ1) is 57.3. The Hall–Kier alpha value is -7.27. The van der Waals surface area contributed by atoms with Crippen LogP contribution in [0.1, 0.15) is 86.7 Å². The van der Waals surface area contributed by atoms with Gasteiger partial charge in [-0.15, -0.1) is 0 Å². The number of Topliss-reactive ketones (excluding diaryl/α,β-unsaturated/α-hetero) is 1. The lowest BCUT2D eigenvalue weighted by Crippen LogP contribution is -2.82. The minimum absolute atomic E-state index is 0.0513. The zero-order valence-electron chi connectivity index (χ0n) is 66.0. The van der Waals surface area contributed by atoms with Gasteiger partial charge in [-0.05, 0) is 54.8 Å². The number of benzene rings is 3. The fourth-order valence-electron chi connectivity index (χ4n) is 17.8. The molecular formula is C79H103NO41.